The maximum absolute atomic E-state index is 13.1. The number of aryl methyl sites for hydroxylation is 1. The zero-order valence-electron chi connectivity index (χ0n) is 14.8. The van der Waals surface area contributed by atoms with E-state index in [0.717, 1.165) is 29.9 Å². The van der Waals surface area contributed by atoms with Crippen molar-refractivity contribution >= 4 is 21.8 Å². The third-order valence-corrected chi connectivity index (χ3v) is 8.34. The van der Waals surface area contributed by atoms with E-state index in [1.165, 1.54) is 11.1 Å². The van der Waals surface area contributed by atoms with Crippen LogP contribution in [0, 0.1) is 6.92 Å². The molecule has 26 heavy (non-hydrogen) atoms. The summed E-state index contributed by atoms with van der Waals surface area (Å²) in [4.78, 5) is 0.390. The van der Waals surface area contributed by atoms with Crippen molar-refractivity contribution in [3.8, 4) is 5.75 Å². The first-order chi connectivity index (χ1) is 12.6. The Bertz CT molecular complexity index is 911. The fourth-order valence-corrected chi connectivity index (χ4v) is 6.61. The highest BCUT2D eigenvalue weighted by Gasteiger charge is 2.29. The molecule has 2 aromatic rings. The third-order valence-electron chi connectivity index (χ3n) is 5.13. The Morgan fingerprint density at radius 1 is 1.15 bits per heavy atom. The molecule has 4 nitrogen and oxygen atoms in total. The molecule has 0 bridgehead atoms. The molecule has 0 spiro atoms. The van der Waals surface area contributed by atoms with Gasteiger partial charge in [0, 0.05) is 30.5 Å². The number of hydrogen-bond donors (Lipinski definition) is 0. The first-order valence-corrected chi connectivity index (χ1v) is 11.5. The van der Waals surface area contributed by atoms with Crippen LogP contribution in [0.4, 0.5) is 0 Å². The molecule has 1 saturated heterocycles. The molecule has 2 aliphatic rings. The van der Waals surface area contributed by atoms with Crippen LogP contribution in [0.25, 0.3) is 0 Å². The summed E-state index contributed by atoms with van der Waals surface area (Å²) in [5.74, 6) is 1.63. The van der Waals surface area contributed by atoms with Gasteiger partial charge in [-0.3, -0.25) is 0 Å². The van der Waals surface area contributed by atoms with Gasteiger partial charge < -0.3 is 4.74 Å². The maximum atomic E-state index is 13.1. The number of nitrogens with zero attached hydrogens (tertiary/aromatic N) is 1. The van der Waals surface area contributed by atoms with E-state index in [0.29, 0.717) is 29.8 Å². The first-order valence-electron chi connectivity index (χ1n) is 8.99. The van der Waals surface area contributed by atoms with Gasteiger partial charge in [-0.25, -0.2) is 8.42 Å². The van der Waals surface area contributed by atoms with Crippen LogP contribution in [-0.2, 0) is 16.4 Å². The quantitative estimate of drug-likeness (QED) is 0.801. The molecule has 0 saturated carbocycles. The van der Waals surface area contributed by atoms with Gasteiger partial charge in [-0.1, -0.05) is 24.3 Å². The lowest BCUT2D eigenvalue weighted by atomic mass is 10.0. The van der Waals surface area contributed by atoms with Crippen molar-refractivity contribution in [3.05, 3.63) is 59.2 Å². The van der Waals surface area contributed by atoms with Crippen molar-refractivity contribution in [1.82, 2.24) is 4.31 Å². The highest BCUT2D eigenvalue weighted by Crippen LogP contribution is 2.37. The van der Waals surface area contributed by atoms with Crippen LogP contribution in [0.3, 0.4) is 0 Å². The molecule has 2 aliphatic heterocycles. The third kappa shape index (κ3) is 3.38. The van der Waals surface area contributed by atoms with E-state index in [1.54, 1.807) is 22.5 Å². The minimum absolute atomic E-state index is 0.352. The number of thioether (sulfide) groups is 1. The summed E-state index contributed by atoms with van der Waals surface area (Å²) in [5, 5.41) is 0.352. The van der Waals surface area contributed by atoms with Gasteiger partial charge in [0.2, 0.25) is 10.0 Å². The Kier molecular flexibility index (Phi) is 4.99. The average molecular weight is 390 g/mol. The van der Waals surface area contributed by atoms with Gasteiger partial charge in [0.15, 0.2) is 0 Å². The Balaban J connectivity index is 1.54. The Hall–Kier alpha value is -1.50. The summed E-state index contributed by atoms with van der Waals surface area (Å²) in [5.41, 5.74) is 3.60. The summed E-state index contributed by atoms with van der Waals surface area (Å²) in [6, 6.07) is 13.7. The van der Waals surface area contributed by atoms with Gasteiger partial charge in [0.1, 0.15) is 5.75 Å². The number of sulfonamides is 1. The summed E-state index contributed by atoms with van der Waals surface area (Å²) in [6.07, 6.45) is 1.62. The SMILES string of the molecule is Cc1ccccc1C1CCN(S(=O)(=O)c2ccc3c(c2)CCO3)CCS1. The number of hydrogen-bond acceptors (Lipinski definition) is 4. The molecule has 0 amide bonds. The van der Waals surface area contributed by atoms with Crippen molar-refractivity contribution in [2.24, 2.45) is 0 Å². The van der Waals surface area contributed by atoms with Gasteiger partial charge >= 0.3 is 0 Å². The fourth-order valence-electron chi connectivity index (χ4n) is 3.66. The van der Waals surface area contributed by atoms with Crippen LogP contribution in [0.5, 0.6) is 5.75 Å². The zero-order chi connectivity index (χ0) is 18.1. The zero-order valence-corrected chi connectivity index (χ0v) is 16.5. The average Bonchev–Trinajstić information content (AvgIpc) is 2.97. The van der Waals surface area contributed by atoms with Crippen LogP contribution in [-0.4, -0.2) is 38.2 Å². The molecule has 1 unspecified atom stereocenters. The van der Waals surface area contributed by atoms with E-state index >= 15 is 0 Å². The largest absolute Gasteiger partial charge is 0.493 e. The van der Waals surface area contributed by atoms with Crippen LogP contribution in [0.2, 0.25) is 0 Å². The monoisotopic (exact) mass is 389 g/mol. The fraction of sp³-hybridized carbons (Fsp3) is 0.400. The molecule has 1 atom stereocenters. The van der Waals surface area contributed by atoms with E-state index in [9.17, 15) is 8.42 Å². The molecule has 4 rings (SSSR count). The van der Waals surface area contributed by atoms with E-state index < -0.39 is 10.0 Å². The smallest absolute Gasteiger partial charge is 0.243 e. The summed E-state index contributed by atoms with van der Waals surface area (Å²) in [7, 11) is -3.46. The lowest BCUT2D eigenvalue weighted by molar-refractivity contribution is 0.356. The molecule has 6 heteroatoms. The molecule has 2 aromatic carbocycles. The molecule has 1 fully saturated rings. The Labute approximate surface area is 159 Å². The predicted molar refractivity (Wildman–Crippen MR) is 105 cm³/mol. The van der Waals surface area contributed by atoms with E-state index in [1.807, 2.05) is 11.8 Å². The molecular formula is C20H23NO3S2. The van der Waals surface area contributed by atoms with E-state index in [2.05, 4.69) is 31.2 Å². The van der Waals surface area contributed by atoms with Gasteiger partial charge in [-0.05, 0) is 48.2 Å². The molecule has 0 aromatic heterocycles. The van der Waals surface area contributed by atoms with Crippen LogP contribution >= 0.6 is 11.8 Å². The van der Waals surface area contributed by atoms with Crippen molar-refractivity contribution in [2.75, 3.05) is 25.4 Å². The second kappa shape index (κ2) is 7.25. The highest BCUT2D eigenvalue weighted by atomic mass is 32.2. The van der Waals surface area contributed by atoms with Gasteiger partial charge in [0.25, 0.3) is 0 Å². The molecule has 0 radical (unpaired) electrons. The molecule has 0 aliphatic carbocycles. The normalized spacial score (nSPS) is 21.0. The number of rotatable bonds is 3. The van der Waals surface area contributed by atoms with Crippen LogP contribution < -0.4 is 4.74 Å². The number of ether oxygens (including phenoxy) is 1. The Morgan fingerprint density at radius 2 is 2.00 bits per heavy atom. The lowest BCUT2D eigenvalue weighted by Gasteiger charge is -2.20. The molecule has 138 valence electrons. The van der Waals surface area contributed by atoms with Gasteiger partial charge in [0.05, 0.1) is 11.5 Å². The molecule has 2 heterocycles. The summed E-state index contributed by atoms with van der Waals surface area (Å²) < 4.78 is 33.4. The topological polar surface area (TPSA) is 46.6 Å². The van der Waals surface area contributed by atoms with E-state index in [4.69, 9.17) is 4.74 Å². The maximum Gasteiger partial charge on any atom is 0.243 e. The van der Waals surface area contributed by atoms with Crippen LogP contribution in [0.15, 0.2) is 47.4 Å². The van der Waals surface area contributed by atoms with Crippen LogP contribution in [0.1, 0.15) is 28.4 Å². The first kappa shape index (κ1) is 17.9. The van der Waals surface area contributed by atoms with Crippen molar-refractivity contribution in [1.29, 1.82) is 0 Å². The van der Waals surface area contributed by atoms with E-state index in [-0.39, 0.29) is 0 Å². The van der Waals surface area contributed by atoms with Crippen molar-refractivity contribution in [2.45, 2.75) is 29.9 Å². The lowest BCUT2D eigenvalue weighted by Crippen LogP contribution is -2.33. The summed E-state index contributed by atoms with van der Waals surface area (Å²) in [6.45, 7) is 3.88. The number of fused-ring (bicyclic) bond motifs is 1. The van der Waals surface area contributed by atoms with Gasteiger partial charge in [-0.2, -0.15) is 16.1 Å². The molecule has 0 N–H and O–H groups in total. The molecular weight excluding hydrogens is 366 g/mol. The Morgan fingerprint density at radius 3 is 2.85 bits per heavy atom. The van der Waals surface area contributed by atoms with Crippen molar-refractivity contribution in [3.63, 3.8) is 0 Å². The van der Waals surface area contributed by atoms with Gasteiger partial charge in [-0.15, -0.1) is 0 Å². The second-order valence-electron chi connectivity index (χ2n) is 6.78. The standard InChI is InChI=1S/C20H23NO3S2/c1-15-4-2-3-5-18(15)20-8-10-21(11-13-25-20)26(22,23)17-6-7-19-16(14-17)9-12-24-19/h2-7,14,20H,8-13H2,1H3. The minimum atomic E-state index is -3.46. The van der Waals surface area contributed by atoms with Crippen molar-refractivity contribution < 1.29 is 13.2 Å². The minimum Gasteiger partial charge on any atom is -0.493 e. The second-order valence-corrected chi connectivity index (χ2v) is 10.0. The highest BCUT2D eigenvalue weighted by molar-refractivity contribution is 7.99. The summed E-state index contributed by atoms with van der Waals surface area (Å²) >= 11 is 1.86. The number of benzene rings is 2. The predicted octanol–water partition coefficient (Wildman–Crippen LogP) is 3.80.